The number of halogens is 2. The number of aromatic nitrogens is 2. The summed E-state index contributed by atoms with van der Waals surface area (Å²) >= 11 is 0. The predicted molar refractivity (Wildman–Crippen MR) is 63.7 cm³/mol. The van der Waals surface area contributed by atoms with Gasteiger partial charge in [0.1, 0.15) is 5.82 Å². The molecule has 2 rings (SSSR count). The second kappa shape index (κ2) is 5.64. The van der Waals surface area contributed by atoms with Crippen molar-refractivity contribution in [1.82, 2.24) is 15.3 Å². The Morgan fingerprint density at radius 3 is 2.78 bits per heavy atom. The molecular weight excluding hydrogens is 236 g/mol. The van der Waals surface area contributed by atoms with E-state index in [9.17, 15) is 8.78 Å². The molecule has 1 aromatic heterocycles. The van der Waals surface area contributed by atoms with Gasteiger partial charge >= 0.3 is 0 Å². The van der Waals surface area contributed by atoms with E-state index in [0.717, 1.165) is 11.8 Å². The van der Waals surface area contributed by atoms with Gasteiger partial charge < -0.3 is 5.32 Å². The van der Waals surface area contributed by atoms with Crippen LogP contribution in [0.4, 0.5) is 8.78 Å². The van der Waals surface area contributed by atoms with Crippen LogP contribution in [-0.4, -0.2) is 9.97 Å². The van der Waals surface area contributed by atoms with Crippen LogP contribution in [0.25, 0.3) is 0 Å². The van der Waals surface area contributed by atoms with Gasteiger partial charge in [0.05, 0.1) is 5.69 Å². The summed E-state index contributed by atoms with van der Waals surface area (Å²) in [7, 11) is 0. The highest BCUT2D eigenvalue weighted by atomic mass is 19.2. The first-order valence-electron chi connectivity index (χ1n) is 5.59. The summed E-state index contributed by atoms with van der Waals surface area (Å²) in [4.78, 5) is 8.19. The lowest BCUT2D eigenvalue weighted by atomic mass is 10.2. The molecule has 0 atom stereocenters. The zero-order valence-corrected chi connectivity index (χ0v) is 9.95. The molecule has 1 aromatic carbocycles. The summed E-state index contributed by atoms with van der Waals surface area (Å²) in [5, 5.41) is 3.02. The quantitative estimate of drug-likeness (QED) is 0.903. The van der Waals surface area contributed by atoms with Gasteiger partial charge in [-0.25, -0.2) is 18.7 Å². The Kier molecular flexibility index (Phi) is 3.94. The lowest BCUT2D eigenvalue weighted by molar-refractivity contribution is 0.492. The van der Waals surface area contributed by atoms with Crippen molar-refractivity contribution in [3.8, 4) is 0 Å². The van der Waals surface area contributed by atoms with E-state index in [0.29, 0.717) is 17.9 Å². The maximum Gasteiger partial charge on any atom is 0.163 e. The number of hydrogen-bond acceptors (Lipinski definition) is 3. The number of benzene rings is 1. The molecule has 0 unspecified atom stereocenters. The maximum atomic E-state index is 13.4. The van der Waals surface area contributed by atoms with Gasteiger partial charge in [0.2, 0.25) is 0 Å². The Balaban J connectivity index is 1.94. The molecule has 94 valence electrons. The summed E-state index contributed by atoms with van der Waals surface area (Å²) in [6.45, 7) is 2.54. The molecule has 1 heterocycles. The summed E-state index contributed by atoms with van der Waals surface area (Å²) in [6.07, 6.45) is 1.67. The van der Waals surface area contributed by atoms with Crippen LogP contribution in [0.2, 0.25) is 0 Å². The molecule has 18 heavy (non-hydrogen) atoms. The zero-order chi connectivity index (χ0) is 13.0. The van der Waals surface area contributed by atoms with Crippen molar-refractivity contribution in [1.29, 1.82) is 0 Å². The van der Waals surface area contributed by atoms with E-state index in [-0.39, 0.29) is 6.54 Å². The number of hydrogen-bond donors (Lipinski definition) is 1. The third-order valence-electron chi connectivity index (χ3n) is 2.49. The molecule has 0 aliphatic heterocycles. The minimum absolute atomic E-state index is 0.257. The smallest absolute Gasteiger partial charge is 0.163 e. The van der Waals surface area contributed by atoms with Crippen molar-refractivity contribution in [2.75, 3.05) is 0 Å². The van der Waals surface area contributed by atoms with E-state index in [1.807, 2.05) is 0 Å². The first kappa shape index (κ1) is 12.6. The predicted octanol–water partition coefficient (Wildman–Crippen LogP) is 2.35. The van der Waals surface area contributed by atoms with Gasteiger partial charge in [-0.3, -0.25) is 0 Å². The second-order valence-electron chi connectivity index (χ2n) is 3.91. The van der Waals surface area contributed by atoms with Crippen molar-refractivity contribution in [2.45, 2.75) is 20.0 Å². The first-order valence-corrected chi connectivity index (χ1v) is 5.59. The van der Waals surface area contributed by atoms with Crippen LogP contribution < -0.4 is 5.32 Å². The van der Waals surface area contributed by atoms with Crippen LogP contribution >= 0.6 is 0 Å². The lowest BCUT2D eigenvalue weighted by Gasteiger charge is -2.06. The summed E-state index contributed by atoms with van der Waals surface area (Å²) in [5.74, 6) is -0.942. The van der Waals surface area contributed by atoms with Gasteiger partial charge in [-0.2, -0.15) is 0 Å². The SMILES string of the molecule is Cc1nccc(CNCc2cccc(F)c2F)n1. The standard InChI is InChI=1S/C13H13F2N3/c1-9-17-6-5-11(18-9)8-16-7-10-3-2-4-12(14)13(10)15/h2-6,16H,7-8H2,1H3. The molecule has 0 aliphatic carbocycles. The van der Waals surface area contributed by atoms with Crippen LogP contribution in [0.3, 0.4) is 0 Å². The Morgan fingerprint density at radius 1 is 1.17 bits per heavy atom. The van der Waals surface area contributed by atoms with Crippen LogP contribution in [0.5, 0.6) is 0 Å². The highest BCUT2D eigenvalue weighted by Gasteiger charge is 2.06. The Bertz CT molecular complexity index is 544. The van der Waals surface area contributed by atoms with Crippen LogP contribution in [0.15, 0.2) is 30.5 Å². The Hall–Kier alpha value is -1.88. The molecule has 2 aromatic rings. The summed E-state index contributed by atoms with van der Waals surface area (Å²) in [5.41, 5.74) is 1.13. The van der Waals surface area contributed by atoms with Crippen LogP contribution in [0, 0.1) is 18.6 Å². The van der Waals surface area contributed by atoms with Gasteiger partial charge in [-0.15, -0.1) is 0 Å². The summed E-state index contributed by atoms with van der Waals surface area (Å²) in [6, 6.07) is 5.93. The molecule has 3 nitrogen and oxygen atoms in total. The van der Waals surface area contributed by atoms with Gasteiger partial charge in [-0.05, 0) is 19.1 Å². The molecule has 0 spiro atoms. The molecule has 0 aliphatic rings. The molecule has 0 saturated heterocycles. The van der Waals surface area contributed by atoms with Crippen LogP contribution in [0.1, 0.15) is 17.1 Å². The number of nitrogens with zero attached hydrogens (tertiary/aromatic N) is 2. The van der Waals surface area contributed by atoms with E-state index >= 15 is 0 Å². The zero-order valence-electron chi connectivity index (χ0n) is 9.95. The average molecular weight is 249 g/mol. The molecule has 5 heteroatoms. The Labute approximate surface area is 104 Å². The minimum Gasteiger partial charge on any atom is -0.307 e. The van der Waals surface area contributed by atoms with Crippen molar-refractivity contribution in [3.05, 3.63) is 59.2 Å². The highest BCUT2D eigenvalue weighted by molar-refractivity contribution is 5.18. The fourth-order valence-corrected chi connectivity index (χ4v) is 1.61. The van der Waals surface area contributed by atoms with Gasteiger partial charge in [0.25, 0.3) is 0 Å². The first-order chi connectivity index (χ1) is 8.66. The van der Waals surface area contributed by atoms with Crippen molar-refractivity contribution >= 4 is 0 Å². The van der Waals surface area contributed by atoms with E-state index in [4.69, 9.17) is 0 Å². The van der Waals surface area contributed by atoms with Crippen LogP contribution in [-0.2, 0) is 13.1 Å². The fraction of sp³-hybridized carbons (Fsp3) is 0.231. The average Bonchev–Trinajstić information content (AvgIpc) is 2.35. The third kappa shape index (κ3) is 3.07. The van der Waals surface area contributed by atoms with Crippen molar-refractivity contribution in [2.24, 2.45) is 0 Å². The summed E-state index contributed by atoms with van der Waals surface area (Å²) < 4.78 is 26.3. The molecule has 0 amide bonds. The van der Waals surface area contributed by atoms with E-state index in [1.165, 1.54) is 6.07 Å². The molecule has 1 N–H and O–H groups in total. The van der Waals surface area contributed by atoms with E-state index in [2.05, 4.69) is 15.3 Å². The monoisotopic (exact) mass is 249 g/mol. The topological polar surface area (TPSA) is 37.8 Å². The van der Waals surface area contributed by atoms with Gasteiger partial charge in [-0.1, -0.05) is 12.1 Å². The normalized spacial score (nSPS) is 10.6. The van der Waals surface area contributed by atoms with E-state index < -0.39 is 11.6 Å². The van der Waals surface area contributed by atoms with Gasteiger partial charge in [0.15, 0.2) is 11.6 Å². The second-order valence-corrected chi connectivity index (χ2v) is 3.91. The van der Waals surface area contributed by atoms with Gasteiger partial charge in [0, 0.05) is 24.8 Å². The number of aryl methyl sites for hydroxylation is 1. The molecule has 0 fully saturated rings. The lowest BCUT2D eigenvalue weighted by Crippen LogP contribution is -2.15. The molecule has 0 saturated carbocycles. The van der Waals surface area contributed by atoms with E-state index in [1.54, 1.807) is 25.3 Å². The molecule has 0 radical (unpaired) electrons. The van der Waals surface area contributed by atoms with Crippen molar-refractivity contribution in [3.63, 3.8) is 0 Å². The number of rotatable bonds is 4. The number of nitrogens with one attached hydrogen (secondary N) is 1. The molecule has 0 bridgehead atoms. The van der Waals surface area contributed by atoms with Crippen molar-refractivity contribution < 1.29 is 8.78 Å². The maximum absolute atomic E-state index is 13.4. The Morgan fingerprint density at radius 2 is 2.00 bits per heavy atom. The molecular formula is C13H13F2N3. The fourth-order valence-electron chi connectivity index (χ4n) is 1.61. The third-order valence-corrected chi connectivity index (χ3v) is 2.49. The highest BCUT2D eigenvalue weighted by Crippen LogP contribution is 2.10. The minimum atomic E-state index is -0.827. The largest absolute Gasteiger partial charge is 0.307 e.